The third-order valence-electron chi connectivity index (χ3n) is 5.74. The number of rotatable bonds is 10. The van der Waals surface area contributed by atoms with Crippen molar-refractivity contribution < 1.29 is 4.79 Å². The van der Waals surface area contributed by atoms with Crippen LogP contribution in [0.5, 0.6) is 0 Å². The number of unbranched alkanes of at least 4 members (excludes halogenated alkanes) is 2. The van der Waals surface area contributed by atoms with Gasteiger partial charge in [-0.3, -0.25) is 4.79 Å². The van der Waals surface area contributed by atoms with Gasteiger partial charge in [-0.25, -0.2) is 4.98 Å². The smallest absolute Gasteiger partial charge is 0.224 e. The van der Waals surface area contributed by atoms with Crippen molar-refractivity contribution in [2.45, 2.75) is 38.6 Å². The lowest BCUT2D eigenvalue weighted by Gasteiger charge is -2.11. The molecule has 0 aliphatic rings. The fraction of sp³-hybridized carbons (Fsp3) is 0.259. The minimum atomic E-state index is 0.0331. The van der Waals surface area contributed by atoms with E-state index in [0.717, 1.165) is 53.7 Å². The van der Waals surface area contributed by atoms with Crippen molar-refractivity contribution in [1.29, 1.82) is 0 Å². The summed E-state index contributed by atoms with van der Waals surface area (Å²) < 4.78 is 2.25. The van der Waals surface area contributed by atoms with Crippen LogP contribution in [0.25, 0.3) is 11.0 Å². The Morgan fingerprint density at radius 3 is 2.41 bits per heavy atom. The Bertz CT molecular complexity index is 1270. The largest absolute Gasteiger partial charge is 0.356 e. The predicted molar refractivity (Wildman–Crippen MR) is 141 cm³/mol. The normalized spacial score (nSPS) is 11.1. The molecule has 1 amide bonds. The molecular weight excluding hydrogens is 489 g/mol. The van der Waals surface area contributed by atoms with E-state index in [1.807, 2.05) is 48.5 Å². The van der Waals surface area contributed by atoms with E-state index in [0.29, 0.717) is 34.6 Å². The number of carbonyl (C=O) groups excluding carboxylic acids is 1. The molecule has 4 rings (SSSR count). The fourth-order valence-electron chi connectivity index (χ4n) is 3.98. The molecule has 0 spiro atoms. The summed E-state index contributed by atoms with van der Waals surface area (Å²) in [6.07, 6.45) is 4.18. The van der Waals surface area contributed by atoms with E-state index in [9.17, 15) is 4.79 Å². The summed E-state index contributed by atoms with van der Waals surface area (Å²) in [6.45, 7) is 1.36. The average molecular weight is 515 g/mol. The molecule has 1 aromatic heterocycles. The Morgan fingerprint density at radius 1 is 0.853 bits per heavy atom. The SMILES string of the molecule is O=C(Cc1ccc(Cl)cc1)NCCCCCc1nc2ccccc2n1Cc1ccc(Cl)c(Cl)c1. The summed E-state index contributed by atoms with van der Waals surface area (Å²) in [6, 6.07) is 21.3. The van der Waals surface area contributed by atoms with Crippen molar-refractivity contribution in [3.05, 3.63) is 98.7 Å². The Morgan fingerprint density at radius 2 is 1.62 bits per heavy atom. The van der Waals surface area contributed by atoms with E-state index in [1.54, 1.807) is 12.1 Å². The van der Waals surface area contributed by atoms with Gasteiger partial charge in [0.15, 0.2) is 0 Å². The molecule has 176 valence electrons. The zero-order valence-corrected chi connectivity index (χ0v) is 21.0. The first-order valence-electron chi connectivity index (χ1n) is 11.4. The molecule has 0 unspecified atom stereocenters. The molecule has 0 aliphatic carbocycles. The van der Waals surface area contributed by atoms with Crippen LogP contribution < -0.4 is 5.32 Å². The average Bonchev–Trinajstić information content (AvgIpc) is 3.17. The number of imidazole rings is 1. The lowest BCUT2D eigenvalue weighted by atomic mass is 10.1. The second-order valence-electron chi connectivity index (χ2n) is 8.32. The summed E-state index contributed by atoms with van der Waals surface area (Å²) >= 11 is 18.2. The minimum absolute atomic E-state index is 0.0331. The molecule has 0 atom stereocenters. The number of aryl methyl sites for hydroxylation is 1. The number of hydrogen-bond donors (Lipinski definition) is 1. The van der Waals surface area contributed by atoms with E-state index < -0.39 is 0 Å². The van der Waals surface area contributed by atoms with Crippen LogP contribution in [-0.2, 0) is 24.2 Å². The summed E-state index contributed by atoms with van der Waals surface area (Å²) in [7, 11) is 0. The third-order valence-corrected chi connectivity index (χ3v) is 6.73. The van der Waals surface area contributed by atoms with E-state index in [-0.39, 0.29) is 5.91 Å². The van der Waals surface area contributed by atoms with Crippen LogP contribution in [0.3, 0.4) is 0 Å². The van der Waals surface area contributed by atoms with Gasteiger partial charge in [-0.1, -0.05) is 71.6 Å². The summed E-state index contributed by atoms with van der Waals surface area (Å²) in [5, 5.41) is 4.79. The number of aromatic nitrogens is 2. The highest BCUT2D eigenvalue weighted by Gasteiger charge is 2.12. The van der Waals surface area contributed by atoms with E-state index in [2.05, 4.69) is 16.0 Å². The van der Waals surface area contributed by atoms with Gasteiger partial charge in [0.1, 0.15) is 5.82 Å². The maximum absolute atomic E-state index is 12.1. The van der Waals surface area contributed by atoms with Crippen LogP contribution in [0.4, 0.5) is 0 Å². The second-order valence-corrected chi connectivity index (χ2v) is 9.57. The van der Waals surface area contributed by atoms with E-state index in [4.69, 9.17) is 39.8 Å². The van der Waals surface area contributed by atoms with Gasteiger partial charge in [0, 0.05) is 24.5 Å². The number of fused-ring (bicyclic) bond motifs is 1. The Hall–Kier alpha value is -2.53. The number of para-hydroxylation sites is 2. The van der Waals surface area contributed by atoms with Crippen LogP contribution in [0, 0.1) is 0 Å². The first-order valence-corrected chi connectivity index (χ1v) is 12.5. The third kappa shape index (κ3) is 6.53. The molecule has 1 heterocycles. The van der Waals surface area contributed by atoms with Crippen molar-refractivity contribution in [1.82, 2.24) is 14.9 Å². The van der Waals surface area contributed by atoms with E-state index >= 15 is 0 Å². The van der Waals surface area contributed by atoms with Gasteiger partial charge < -0.3 is 9.88 Å². The van der Waals surface area contributed by atoms with Crippen LogP contribution >= 0.6 is 34.8 Å². The molecular formula is C27H26Cl3N3O. The van der Waals surface area contributed by atoms with Crippen molar-refractivity contribution in [3.63, 3.8) is 0 Å². The number of amides is 1. The molecule has 7 heteroatoms. The minimum Gasteiger partial charge on any atom is -0.356 e. The predicted octanol–water partition coefficient (Wildman–Crippen LogP) is 7.12. The number of nitrogens with one attached hydrogen (secondary N) is 1. The number of halogens is 3. The van der Waals surface area contributed by atoms with Crippen LogP contribution in [-0.4, -0.2) is 22.0 Å². The maximum atomic E-state index is 12.1. The molecule has 3 aromatic carbocycles. The molecule has 1 N–H and O–H groups in total. The molecule has 0 radical (unpaired) electrons. The lowest BCUT2D eigenvalue weighted by Crippen LogP contribution is -2.26. The fourth-order valence-corrected chi connectivity index (χ4v) is 4.42. The molecule has 34 heavy (non-hydrogen) atoms. The van der Waals surface area contributed by atoms with Crippen LogP contribution in [0.1, 0.15) is 36.2 Å². The maximum Gasteiger partial charge on any atom is 0.224 e. The zero-order valence-electron chi connectivity index (χ0n) is 18.7. The number of hydrogen-bond acceptors (Lipinski definition) is 2. The molecule has 0 saturated carbocycles. The molecule has 4 nitrogen and oxygen atoms in total. The van der Waals surface area contributed by atoms with Crippen LogP contribution in [0.2, 0.25) is 15.1 Å². The topological polar surface area (TPSA) is 46.9 Å². The van der Waals surface area contributed by atoms with Crippen molar-refractivity contribution in [2.24, 2.45) is 0 Å². The Labute approximate surface area is 214 Å². The van der Waals surface area contributed by atoms with Gasteiger partial charge >= 0.3 is 0 Å². The first kappa shape index (κ1) is 24.6. The molecule has 0 bridgehead atoms. The van der Waals surface area contributed by atoms with Crippen molar-refractivity contribution in [2.75, 3.05) is 6.54 Å². The first-order chi connectivity index (χ1) is 16.5. The Kier molecular flexibility index (Phi) is 8.49. The summed E-state index contributed by atoms with van der Waals surface area (Å²) in [4.78, 5) is 17.0. The quantitative estimate of drug-likeness (QED) is 0.229. The molecule has 0 saturated heterocycles. The number of benzene rings is 3. The van der Waals surface area contributed by atoms with Gasteiger partial charge in [-0.05, 0) is 60.4 Å². The monoisotopic (exact) mass is 513 g/mol. The van der Waals surface area contributed by atoms with Crippen molar-refractivity contribution in [3.8, 4) is 0 Å². The second kappa shape index (κ2) is 11.7. The van der Waals surface area contributed by atoms with Crippen molar-refractivity contribution >= 4 is 51.7 Å². The van der Waals surface area contributed by atoms with Gasteiger partial charge in [0.2, 0.25) is 5.91 Å². The zero-order chi connectivity index (χ0) is 23.9. The van der Waals surface area contributed by atoms with Gasteiger partial charge in [-0.2, -0.15) is 0 Å². The van der Waals surface area contributed by atoms with Gasteiger partial charge in [-0.15, -0.1) is 0 Å². The molecule has 0 aliphatic heterocycles. The van der Waals surface area contributed by atoms with Gasteiger partial charge in [0.05, 0.1) is 27.5 Å². The summed E-state index contributed by atoms with van der Waals surface area (Å²) in [5.41, 5.74) is 4.15. The highest BCUT2D eigenvalue weighted by atomic mass is 35.5. The molecule has 0 fully saturated rings. The Balaban J connectivity index is 1.29. The van der Waals surface area contributed by atoms with Crippen LogP contribution in [0.15, 0.2) is 66.7 Å². The highest BCUT2D eigenvalue weighted by molar-refractivity contribution is 6.42. The standard InChI is InChI=1S/C27H26Cl3N3O/c28-21-12-9-19(10-13-21)17-27(34)31-15-5-1-2-8-26-32-24-6-3-4-7-25(24)33(26)18-20-11-14-22(29)23(30)16-20/h3-4,6-7,9-14,16H,1-2,5,8,15,17-18H2,(H,31,34). The molecule has 4 aromatic rings. The summed E-state index contributed by atoms with van der Waals surface area (Å²) in [5.74, 6) is 1.09. The van der Waals surface area contributed by atoms with E-state index in [1.165, 1.54) is 0 Å². The lowest BCUT2D eigenvalue weighted by molar-refractivity contribution is -0.120. The highest BCUT2D eigenvalue weighted by Crippen LogP contribution is 2.25. The van der Waals surface area contributed by atoms with Gasteiger partial charge in [0.25, 0.3) is 0 Å². The number of nitrogens with zero attached hydrogens (tertiary/aromatic N) is 2. The number of carbonyl (C=O) groups is 1.